The van der Waals surface area contributed by atoms with Gasteiger partial charge in [0.05, 0.1) is 19.1 Å². The lowest BCUT2D eigenvalue weighted by Crippen LogP contribution is -2.56. The van der Waals surface area contributed by atoms with Gasteiger partial charge in [0.1, 0.15) is 6.04 Å². The molecule has 2 N–H and O–H groups in total. The fraction of sp³-hybridized carbons (Fsp3) is 0.342. The van der Waals surface area contributed by atoms with Gasteiger partial charge in [-0.15, -0.1) is 0 Å². The highest BCUT2D eigenvalue weighted by atomic mass is 16.7. The van der Waals surface area contributed by atoms with Gasteiger partial charge < -0.3 is 24.8 Å². The van der Waals surface area contributed by atoms with Crippen molar-refractivity contribution in [3.8, 4) is 0 Å². The van der Waals surface area contributed by atoms with Crippen LogP contribution in [0.3, 0.4) is 0 Å². The number of carboxylic acid groups (broad SMARTS) is 1. The molecule has 0 aliphatic rings. The quantitative estimate of drug-likeness (QED) is 0.111. The molecule has 3 amide bonds. The zero-order chi connectivity index (χ0) is 34.5. The van der Waals surface area contributed by atoms with Crippen LogP contribution in [0.4, 0.5) is 4.79 Å². The summed E-state index contributed by atoms with van der Waals surface area (Å²) < 4.78 is 11.9. The van der Waals surface area contributed by atoms with Gasteiger partial charge >= 0.3 is 6.09 Å². The number of hydrazine groups is 1. The molecule has 254 valence electrons. The number of amides is 3. The van der Waals surface area contributed by atoms with Gasteiger partial charge in [0, 0.05) is 33.2 Å². The summed E-state index contributed by atoms with van der Waals surface area (Å²) >= 11 is 0. The molecule has 10 nitrogen and oxygen atoms in total. The third-order valence-corrected chi connectivity index (χ3v) is 8.15. The molecular formula is C38H46N4O6. The Morgan fingerprint density at radius 1 is 0.771 bits per heavy atom. The van der Waals surface area contributed by atoms with E-state index in [4.69, 9.17) is 9.47 Å². The monoisotopic (exact) mass is 654 g/mol. The molecule has 4 rings (SSSR count). The van der Waals surface area contributed by atoms with Crippen LogP contribution >= 0.6 is 0 Å². The Kier molecular flexibility index (Phi) is 13.5. The lowest BCUT2D eigenvalue weighted by Gasteiger charge is -2.37. The van der Waals surface area contributed by atoms with Crippen molar-refractivity contribution >= 4 is 28.7 Å². The maximum atomic E-state index is 14.7. The van der Waals surface area contributed by atoms with Crippen molar-refractivity contribution in [2.75, 3.05) is 26.8 Å². The maximum Gasteiger partial charge on any atom is 0.422 e. The van der Waals surface area contributed by atoms with Crippen LogP contribution in [-0.2, 0) is 38.6 Å². The summed E-state index contributed by atoms with van der Waals surface area (Å²) in [7, 11) is 1.54. The zero-order valence-corrected chi connectivity index (χ0v) is 28.1. The average Bonchev–Trinajstić information content (AvgIpc) is 3.09. The van der Waals surface area contributed by atoms with E-state index in [2.05, 4.69) is 5.32 Å². The highest BCUT2D eigenvalue weighted by molar-refractivity contribution is 5.90. The van der Waals surface area contributed by atoms with Crippen molar-refractivity contribution in [2.24, 2.45) is 0 Å². The molecule has 0 fully saturated rings. The number of hydrogen-bond acceptors (Lipinski definition) is 6. The van der Waals surface area contributed by atoms with Gasteiger partial charge in [-0.05, 0) is 48.2 Å². The summed E-state index contributed by atoms with van der Waals surface area (Å²) in [5.74, 6) is -0.797. The molecule has 0 aliphatic heterocycles. The van der Waals surface area contributed by atoms with Gasteiger partial charge in [-0.25, -0.2) is 14.8 Å². The molecule has 0 spiro atoms. The summed E-state index contributed by atoms with van der Waals surface area (Å²) in [6, 6.07) is 31.2. The molecule has 2 atom stereocenters. The Labute approximate surface area is 282 Å². The minimum atomic E-state index is -1.20. The van der Waals surface area contributed by atoms with Crippen LogP contribution in [0.1, 0.15) is 37.5 Å². The Morgan fingerprint density at radius 2 is 1.35 bits per heavy atom. The van der Waals surface area contributed by atoms with E-state index in [0.29, 0.717) is 13.2 Å². The second-order valence-electron chi connectivity index (χ2n) is 11.6. The van der Waals surface area contributed by atoms with E-state index in [0.717, 1.165) is 32.5 Å². The smallest absolute Gasteiger partial charge is 0.422 e. The molecule has 4 aromatic rings. The van der Waals surface area contributed by atoms with Crippen molar-refractivity contribution in [3.63, 3.8) is 0 Å². The minimum absolute atomic E-state index is 0.0684. The maximum absolute atomic E-state index is 14.7. The van der Waals surface area contributed by atoms with Crippen LogP contribution < -0.4 is 5.32 Å². The summed E-state index contributed by atoms with van der Waals surface area (Å²) in [5.41, 5.74) is 2.59. The van der Waals surface area contributed by atoms with Crippen LogP contribution in [0, 0.1) is 0 Å². The molecule has 0 heterocycles. The largest absolute Gasteiger partial charge is 0.464 e. The number of benzene rings is 4. The third-order valence-electron chi connectivity index (χ3n) is 8.15. The van der Waals surface area contributed by atoms with E-state index in [9.17, 15) is 19.5 Å². The summed E-state index contributed by atoms with van der Waals surface area (Å²) in [6.45, 7) is 6.47. The van der Waals surface area contributed by atoms with E-state index in [1.54, 1.807) is 4.90 Å². The van der Waals surface area contributed by atoms with E-state index < -0.39 is 30.4 Å². The predicted molar refractivity (Wildman–Crippen MR) is 186 cm³/mol. The number of rotatable bonds is 17. The number of fused-ring (bicyclic) bond motifs is 1. The molecule has 0 radical (unpaired) electrons. The molecule has 0 aliphatic carbocycles. The number of likely N-dealkylation sites (N-methyl/N-ethyl adjacent to an activating group) is 1. The standard InChI is InChI=1S/C38H46N4O6/c1-5-47-37(48-6-2)28(3)41(26-32-22-15-21-31-20-13-14-23-33(31)32)36(44)34(24-29-16-9-7-10-17-29)39-35(43)27-40(4)42(38(45)46)25-30-18-11-8-12-19-30/h7-23,28,34,37H,5-6,24-27H2,1-4H3,(H,39,43)(H,45,46). The number of carbonyl (C=O) groups excluding carboxylic acids is 2. The summed E-state index contributed by atoms with van der Waals surface area (Å²) in [4.78, 5) is 42.2. The van der Waals surface area contributed by atoms with Crippen LogP contribution in [0.25, 0.3) is 10.8 Å². The number of carbonyl (C=O) groups is 3. The van der Waals surface area contributed by atoms with Crippen LogP contribution in [0.2, 0.25) is 0 Å². The Morgan fingerprint density at radius 3 is 1.98 bits per heavy atom. The van der Waals surface area contributed by atoms with Gasteiger partial charge in [0.25, 0.3) is 0 Å². The minimum Gasteiger partial charge on any atom is -0.464 e. The zero-order valence-electron chi connectivity index (χ0n) is 28.1. The van der Waals surface area contributed by atoms with Crippen molar-refractivity contribution < 1.29 is 29.0 Å². The third kappa shape index (κ3) is 9.87. The number of hydrogen-bond donors (Lipinski definition) is 2. The molecule has 0 aromatic heterocycles. The van der Waals surface area contributed by atoms with Gasteiger partial charge in [-0.3, -0.25) is 9.59 Å². The molecule has 0 saturated heterocycles. The van der Waals surface area contributed by atoms with E-state index in [1.165, 1.54) is 12.1 Å². The summed E-state index contributed by atoms with van der Waals surface area (Å²) in [6.07, 6.45) is -1.66. The lowest BCUT2D eigenvalue weighted by atomic mass is 10.0. The normalized spacial score (nSPS) is 12.5. The first-order valence-corrected chi connectivity index (χ1v) is 16.3. The van der Waals surface area contributed by atoms with Crippen LogP contribution in [-0.4, -0.2) is 83.1 Å². The van der Waals surface area contributed by atoms with Crippen molar-refractivity contribution in [1.29, 1.82) is 0 Å². The van der Waals surface area contributed by atoms with E-state index >= 15 is 0 Å². The molecule has 0 bridgehead atoms. The van der Waals surface area contributed by atoms with Gasteiger partial charge in [0.15, 0.2) is 6.29 Å². The van der Waals surface area contributed by atoms with Gasteiger partial charge in [-0.2, -0.15) is 0 Å². The average molecular weight is 655 g/mol. The van der Waals surface area contributed by atoms with Crippen LogP contribution in [0.15, 0.2) is 103 Å². The molecule has 2 unspecified atom stereocenters. The molecule has 4 aromatic carbocycles. The number of nitrogens with one attached hydrogen (secondary N) is 1. The molecule has 10 heteroatoms. The highest BCUT2D eigenvalue weighted by Crippen LogP contribution is 2.23. The Bertz CT molecular complexity index is 1610. The van der Waals surface area contributed by atoms with Gasteiger partial charge in [-0.1, -0.05) is 103 Å². The van der Waals surface area contributed by atoms with E-state index in [1.807, 2.05) is 124 Å². The lowest BCUT2D eigenvalue weighted by molar-refractivity contribution is -0.179. The first kappa shape index (κ1) is 36.1. The molecule has 0 saturated carbocycles. The van der Waals surface area contributed by atoms with E-state index in [-0.39, 0.29) is 32.0 Å². The fourth-order valence-corrected chi connectivity index (χ4v) is 5.71. The fourth-order valence-electron chi connectivity index (χ4n) is 5.71. The topological polar surface area (TPSA) is 112 Å². The first-order chi connectivity index (χ1) is 23.2. The van der Waals surface area contributed by atoms with Crippen LogP contribution in [0.5, 0.6) is 0 Å². The SMILES string of the molecule is CCOC(OCC)C(C)N(Cc1cccc2ccccc12)C(=O)C(Cc1ccccc1)NC(=O)CN(C)N(Cc1ccccc1)C(=O)O. The second kappa shape index (κ2) is 18.0. The molecular weight excluding hydrogens is 608 g/mol. The number of ether oxygens (including phenoxy) is 2. The molecule has 48 heavy (non-hydrogen) atoms. The first-order valence-electron chi connectivity index (χ1n) is 16.3. The van der Waals surface area contributed by atoms with Crippen molar-refractivity contribution in [2.45, 2.75) is 58.7 Å². The number of nitrogens with zero attached hydrogens (tertiary/aromatic N) is 3. The van der Waals surface area contributed by atoms with Crippen molar-refractivity contribution in [1.82, 2.24) is 20.2 Å². The van der Waals surface area contributed by atoms with Crippen molar-refractivity contribution in [3.05, 3.63) is 120 Å². The summed E-state index contributed by atoms with van der Waals surface area (Å²) in [5, 5.41) is 17.4. The second-order valence-corrected chi connectivity index (χ2v) is 11.6. The predicted octanol–water partition coefficient (Wildman–Crippen LogP) is 5.71. The van der Waals surface area contributed by atoms with Gasteiger partial charge in [0.2, 0.25) is 11.8 Å². The highest BCUT2D eigenvalue weighted by Gasteiger charge is 2.34. The Hall–Kier alpha value is -4.77. The Balaban J connectivity index is 1.64.